The van der Waals surface area contributed by atoms with Gasteiger partial charge in [0.1, 0.15) is 0 Å². The Morgan fingerprint density at radius 1 is 1.50 bits per heavy atom. The third-order valence-electron chi connectivity index (χ3n) is 2.84. The molecule has 0 fully saturated rings. The Morgan fingerprint density at radius 3 is 2.81 bits per heavy atom. The van der Waals surface area contributed by atoms with Crippen LogP contribution in [0.15, 0.2) is 23.0 Å². The van der Waals surface area contributed by atoms with Gasteiger partial charge in [0, 0.05) is 19.6 Å². The third-order valence-corrected chi connectivity index (χ3v) is 3.15. The van der Waals surface area contributed by atoms with E-state index in [9.17, 15) is 4.79 Å². The maximum atomic E-state index is 12.1. The predicted molar refractivity (Wildman–Crippen MR) is 66.0 cm³/mol. The lowest BCUT2D eigenvalue weighted by atomic mass is 10.3. The molecule has 0 bridgehead atoms. The smallest absolute Gasteiger partial charge is 0.328 e. The number of aryl methyl sites for hydroxylation is 1. The third kappa shape index (κ3) is 1.45. The summed E-state index contributed by atoms with van der Waals surface area (Å²) in [6.45, 7) is 2.31. The molecule has 0 saturated heterocycles. The van der Waals surface area contributed by atoms with Crippen molar-refractivity contribution in [3.05, 3.63) is 33.7 Å². The van der Waals surface area contributed by atoms with Crippen LogP contribution in [0.4, 0.5) is 0 Å². The largest absolute Gasteiger partial charge is 0.329 e. The van der Waals surface area contributed by atoms with Crippen LogP contribution in [0.2, 0.25) is 5.02 Å². The molecule has 0 aliphatic carbocycles. The summed E-state index contributed by atoms with van der Waals surface area (Å²) in [5, 5.41) is 0.579. The first-order valence-electron chi connectivity index (χ1n) is 5.13. The standard InChI is InChI=1S/C11H14ClN3O/c1-7(6-13)15-10-8(12)4-3-5-9(10)14(2)11(15)16/h3-5,7H,6,13H2,1-2H3. The monoisotopic (exact) mass is 239 g/mol. The van der Waals surface area contributed by atoms with Crippen molar-refractivity contribution in [1.82, 2.24) is 9.13 Å². The molecule has 4 nitrogen and oxygen atoms in total. The second kappa shape index (κ2) is 3.96. The summed E-state index contributed by atoms with van der Waals surface area (Å²) >= 11 is 6.13. The normalized spacial score (nSPS) is 13.2. The highest BCUT2D eigenvalue weighted by Gasteiger charge is 2.16. The molecule has 5 heteroatoms. The summed E-state index contributed by atoms with van der Waals surface area (Å²) in [5.74, 6) is 0. The second-order valence-corrected chi connectivity index (χ2v) is 4.31. The maximum Gasteiger partial charge on any atom is 0.329 e. The van der Waals surface area contributed by atoms with Gasteiger partial charge < -0.3 is 5.73 Å². The summed E-state index contributed by atoms with van der Waals surface area (Å²) in [5.41, 5.74) is 7.12. The predicted octanol–water partition coefficient (Wildman–Crippen LogP) is 1.51. The van der Waals surface area contributed by atoms with Crippen LogP contribution >= 0.6 is 11.6 Å². The van der Waals surface area contributed by atoms with E-state index in [4.69, 9.17) is 17.3 Å². The molecule has 1 heterocycles. The molecule has 0 radical (unpaired) electrons. The van der Waals surface area contributed by atoms with Gasteiger partial charge in [-0.1, -0.05) is 17.7 Å². The van der Waals surface area contributed by atoms with Gasteiger partial charge in [-0.25, -0.2) is 4.79 Å². The fourth-order valence-corrected chi connectivity index (χ4v) is 2.15. The van der Waals surface area contributed by atoms with Crippen molar-refractivity contribution in [3.63, 3.8) is 0 Å². The molecule has 1 atom stereocenters. The maximum absolute atomic E-state index is 12.1. The van der Waals surface area contributed by atoms with E-state index in [1.807, 2.05) is 19.1 Å². The number of nitrogens with zero attached hydrogens (tertiary/aromatic N) is 2. The minimum atomic E-state index is -0.0824. The summed E-state index contributed by atoms with van der Waals surface area (Å²) in [6.07, 6.45) is 0. The molecule has 2 aromatic rings. The molecule has 1 unspecified atom stereocenters. The first-order chi connectivity index (χ1) is 7.57. The number of imidazole rings is 1. The highest BCUT2D eigenvalue weighted by atomic mass is 35.5. The zero-order valence-electron chi connectivity index (χ0n) is 9.27. The highest BCUT2D eigenvalue weighted by molar-refractivity contribution is 6.35. The van der Waals surface area contributed by atoms with Gasteiger partial charge in [-0.15, -0.1) is 0 Å². The lowest BCUT2D eigenvalue weighted by Gasteiger charge is -2.10. The average molecular weight is 240 g/mol. The van der Waals surface area contributed by atoms with Gasteiger partial charge >= 0.3 is 5.69 Å². The lowest BCUT2D eigenvalue weighted by Crippen LogP contribution is -2.28. The minimum Gasteiger partial charge on any atom is -0.328 e. The molecule has 86 valence electrons. The Kier molecular flexibility index (Phi) is 2.78. The van der Waals surface area contributed by atoms with Gasteiger partial charge in [0.05, 0.1) is 16.1 Å². The molecule has 1 aromatic heterocycles. The van der Waals surface area contributed by atoms with E-state index in [1.54, 1.807) is 22.2 Å². The summed E-state index contributed by atoms with van der Waals surface area (Å²) in [6, 6.07) is 5.43. The van der Waals surface area contributed by atoms with Gasteiger partial charge in [-0.3, -0.25) is 9.13 Å². The van der Waals surface area contributed by atoms with Crippen LogP contribution in [0.25, 0.3) is 11.0 Å². The molecular weight excluding hydrogens is 226 g/mol. The van der Waals surface area contributed by atoms with Crippen LogP contribution in [-0.2, 0) is 7.05 Å². The van der Waals surface area contributed by atoms with E-state index in [2.05, 4.69) is 0 Å². The number of aromatic nitrogens is 2. The molecule has 1 aromatic carbocycles. The van der Waals surface area contributed by atoms with Crippen molar-refractivity contribution < 1.29 is 0 Å². The van der Waals surface area contributed by atoms with E-state index in [0.717, 1.165) is 11.0 Å². The lowest BCUT2D eigenvalue weighted by molar-refractivity contribution is 0.546. The SMILES string of the molecule is CC(CN)n1c(=O)n(C)c2cccc(Cl)c21. The van der Waals surface area contributed by atoms with Crippen molar-refractivity contribution in [1.29, 1.82) is 0 Å². The minimum absolute atomic E-state index is 0.0592. The highest BCUT2D eigenvalue weighted by Crippen LogP contribution is 2.24. The first kappa shape index (κ1) is 11.2. The van der Waals surface area contributed by atoms with E-state index in [-0.39, 0.29) is 11.7 Å². The van der Waals surface area contributed by atoms with E-state index in [1.165, 1.54) is 0 Å². The first-order valence-corrected chi connectivity index (χ1v) is 5.51. The molecule has 0 aliphatic rings. The zero-order chi connectivity index (χ0) is 11.9. The van der Waals surface area contributed by atoms with Crippen LogP contribution in [0.3, 0.4) is 0 Å². The zero-order valence-corrected chi connectivity index (χ0v) is 10.0. The van der Waals surface area contributed by atoms with E-state index >= 15 is 0 Å². The molecule has 0 aliphatic heterocycles. The number of para-hydroxylation sites is 1. The van der Waals surface area contributed by atoms with Gasteiger partial charge in [-0.2, -0.15) is 0 Å². The molecule has 0 amide bonds. The fraction of sp³-hybridized carbons (Fsp3) is 0.364. The van der Waals surface area contributed by atoms with Crippen molar-refractivity contribution in [2.75, 3.05) is 6.54 Å². The van der Waals surface area contributed by atoms with Crippen LogP contribution < -0.4 is 11.4 Å². The summed E-state index contributed by atoms with van der Waals surface area (Å²) in [7, 11) is 1.74. The average Bonchev–Trinajstić information content (AvgIpc) is 2.54. The van der Waals surface area contributed by atoms with Crippen molar-refractivity contribution >= 4 is 22.6 Å². The van der Waals surface area contributed by atoms with Gasteiger partial charge in [-0.05, 0) is 19.1 Å². The Labute approximate surface area is 98.2 Å². The molecule has 0 saturated carbocycles. The number of hydrogen-bond donors (Lipinski definition) is 1. The van der Waals surface area contributed by atoms with Crippen LogP contribution in [0, 0.1) is 0 Å². The molecular formula is C11H14ClN3O. The Balaban J connectivity index is 2.92. The number of benzene rings is 1. The van der Waals surface area contributed by atoms with E-state index in [0.29, 0.717) is 11.6 Å². The Bertz CT molecular complexity index is 585. The van der Waals surface area contributed by atoms with Crippen LogP contribution in [-0.4, -0.2) is 15.7 Å². The van der Waals surface area contributed by atoms with E-state index < -0.39 is 0 Å². The van der Waals surface area contributed by atoms with Crippen molar-refractivity contribution in [2.24, 2.45) is 12.8 Å². The number of halogens is 1. The fourth-order valence-electron chi connectivity index (χ4n) is 1.89. The van der Waals surface area contributed by atoms with Crippen LogP contribution in [0.5, 0.6) is 0 Å². The number of nitrogens with two attached hydrogens (primary N) is 1. The number of rotatable bonds is 2. The molecule has 2 rings (SSSR count). The Morgan fingerprint density at radius 2 is 2.19 bits per heavy atom. The molecule has 16 heavy (non-hydrogen) atoms. The van der Waals surface area contributed by atoms with Crippen LogP contribution in [0.1, 0.15) is 13.0 Å². The van der Waals surface area contributed by atoms with Crippen molar-refractivity contribution in [2.45, 2.75) is 13.0 Å². The van der Waals surface area contributed by atoms with Gasteiger partial charge in [0.2, 0.25) is 0 Å². The summed E-state index contributed by atoms with van der Waals surface area (Å²) in [4.78, 5) is 12.1. The quantitative estimate of drug-likeness (QED) is 0.864. The number of fused-ring (bicyclic) bond motifs is 1. The Hall–Kier alpha value is -1.26. The number of hydrogen-bond acceptors (Lipinski definition) is 2. The molecule has 0 spiro atoms. The topological polar surface area (TPSA) is 52.9 Å². The van der Waals surface area contributed by atoms with Gasteiger partial charge in [0.25, 0.3) is 0 Å². The second-order valence-electron chi connectivity index (χ2n) is 3.90. The van der Waals surface area contributed by atoms with Gasteiger partial charge in [0.15, 0.2) is 0 Å². The molecule has 2 N–H and O–H groups in total. The summed E-state index contributed by atoms with van der Waals surface area (Å²) < 4.78 is 3.24. The van der Waals surface area contributed by atoms with Crippen molar-refractivity contribution in [3.8, 4) is 0 Å².